The first-order chi connectivity index (χ1) is 14.5. The summed E-state index contributed by atoms with van der Waals surface area (Å²) < 4.78 is 5.81. The lowest BCUT2D eigenvalue weighted by Crippen LogP contribution is -2.22. The molecular weight excluding hydrogens is 384 g/mol. The van der Waals surface area contributed by atoms with Crippen LogP contribution in [0.5, 0.6) is 5.75 Å². The number of rotatable bonds is 4. The molecule has 0 unspecified atom stereocenters. The van der Waals surface area contributed by atoms with Crippen molar-refractivity contribution >= 4 is 34.3 Å². The SMILES string of the molecule is NC(=O)c1ccc(N=c2oc3cc(O)ccc3cc2C(=O)Nc2ccccn2)cc1. The monoisotopic (exact) mass is 400 g/mol. The van der Waals surface area contributed by atoms with Gasteiger partial charge in [-0.25, -0.2) is 9.98 Å². The number of pyridine rings is 1. The van der Waals surface area contributed by atoms with Gasteiger partial charge in [0.05, 0.1) is 5.69 Å². The van der Waals surface area contributed by atoms with Crippen molar-refractivity contribution in [2.45, 2.75) is 0 Å². The fourth-order valence-electron chi connectivity index (χ4n) is 2.79. The molecule has 0 aliphatic carbocycles. The quantitative estimate of drug-likeness (QED) is 0.484. The molecule has 2 aromatic heterocycles. The Morgan fingerprint density at radius 1 is 1.03 bits per heavy atom. The predicted molar refractivity (Wildman–Crippen MR) is 110 cm³/mol. The van der Waals surface area contributed by atoms with Crippen LogP contribution in [0.15, 0.2) is 82.3 Å². The minimum atomic E-state index is -0.553. The summed E-state index contributed by atoms with van der Waals surface area (Å²) in [6.45, 7) is 0. The molecule has 30 heavy (non-hydrogen) atoms. The standard InChI is InChI=1S/C22H16N4O4/c23-20(28)13-4-7-15(8-5-13)25-22-17(21(29)26-19-3-1-2-10-24-19)11-14-6-9-16(27)12-18(14)30-22/h1-12,27H,(H2,23,28)(H,24,26,29). The molecule has 0 aliphatic heterocycles. The first kappa shape index (κ1) is 18.9. The van der Waals surface area contributed by atoms with Crippen molar-refractivity contribution < 1.29 is 19.1 Å². The van der Waals surface area contributed by atoms with Gasteiger partial charge < -0.3 is 20.6 Å². The number of carbonyl (C=O) groups is 2. The maximum Gasteiger partial charge on any atom is 0.262 e. The van der Waals surface area contributed by atoms with Gasteiger partial charge in [-0.15, -0.1) is 0 Å². The number of aromatic hydroxyl groups is 1. The lowest BCUT2D eigenvalue weighted by Gasteiger charge is -2.07. The summed E-state index contributed by atoms with van der Waals surface area (Å²) in [5, 5.41) is 13.1. The fourth-order valence-corrected chi connectivity index (χ4v) is 2.79. The summed E-state index contributed by atoms with van der Waals surface area (Å²) in [5.41, 5.74) is 6.62. The first-order valence-corrected chi connectivity index (χ1v) is 8.93. The maximum atomic E-state index is 12.9. The third-order valence-corrected chi connectivity index (χ3v) is 4.27. The number of hydrogen-bond acceptors (Lipinski definition) is 6. The average molecular weight is 400 g/mol. The molecule has 0 bridgehead atoms. The molecule has 0 aliphatic rings. The van der Waals surface area contributed by atoms with E-state index in [2.05, 4.69) is 15.3 Å². The zero-order valence-electron chi connectivity index (χ0n) is 15.6. The van der Waals surface area contributed by atoms with Crippen molar-refractivity contribution in [3.05, 3.63) is 89.6 Å². The molecule has 2 heterocycles. The Morgan fingerprint density at radius 3 is 2.53 bits per heavy atom. The Morgan fingerprint density at radius 2 is 1.83 bits per heavy atom. The summed E-state index contributed by atoms with van der Waals surface area (Å²) in [4.78, 5) is 32.6. The van der Waals surface area contributed by atoms with Crippen molar-refractivity contribution in [3.8, 4) is 5.75 Å². The number of fused-ring (bicyclic) bond motifs is 1. The summed E-state index contributed by atoms with van der Waals surface area (Å²) in [7, 11) is 0. The van der Waals surface area contributed by atoms with Gasteiger partial charge in [0, 0.05) is 23.2 Å². The van der Waals surface area contributed by atoms with Crippen LogP contribution in [0, 0.1) is 0 Å². The fraction of sp³-hybridized carbons (Fsp3) is 0. The van der Waals surface area contributed by atoms with Gasteiger partial charge in [0.2, 0.25) is 11.5 Å². The highest BCUT2D eigenvalue weighted by atomic mass is 16.3. The van der Waals surface area contributed by atoms with E-state index in [1.807, 2.05) is 0 Å². The number of anilines is 1. The number of nitrogens with one attached hydrogen (secondary N) is 1. The highest BCUT2D eigenvalue weighted by Crippen LogP contribution is 2.20. The van der Waals surface area contributed by atoms with Crippen LogP contribution in [0.25, 0.3) is 11.0 Å². The molecule has 4 N–H and O–H groups in total. The van der Waals surface area contributed by atoms with E-state index in [4.69, 9.17) is 10.2 Å². The van der Waals surface area contributed by atoms with E-state index in [0.29, 0.717) is 28.0 Å². The van der Waals surface area contributed by atoms with Crippen LogP contribution >= 0.6 is 0 Å². The lowest BCUT2D eigenvalue weighted by atomic mass is 10.1. The van der Waals surface area contributed by atoms with Gasteiger partial charge in [0.15, 0.2) is 0 Å². The molecule has 8 heteroatoms. The van der Waals surface area contributed by atoms with Crippen LogP contribution in [0.2, 0.25) is 0 Å². The smallest absolute Gasteiger partial charge is 0.262 e. The minimum absolute atomic E-state index is 0.0219. The van der Waals surface area contributed by atoms with Crippen molar-refractivity contribution in [1.29, 1.82) is 0 Å². The third kappa shape index (κ3) is 4.02. The van der Waals surface area contributed by atoms with Gasteiger partial charge in [0.25, 0.3) is 5.91 Å². The number of hydrogen-bond donors (Lipinski definition) is 3. The van der Waals surface area contributed by atoms with E-state index in [-0.39, 0.29) is 16.9 Å². The molecule has 148 valence electrons. The second-order valence-corrected chi connectivity index (χ2v) is 6.38. The average Bonchev–Trinajstić information content (AvgIpc) is 2.74. The molecule has 0 radical (unpaired) electrons. The van der Waals surface area contributed by atoms with Crippen molar-refractivity contribution in [1.82, 2.24) is 4.98 Å². The Bertz CT molecular complexity index is 1310. The van der Waals surface area contributed by atoms with E-state index >= 15 is 0 Å². The third-order valence-electron chi connectivity index (χ3n) is 4.27. The van der Waals surface area contributed by atoms with Gasteiger partial charge in [0.1, 0.15) is 22.7 Å². The van der Waals surface area contributed by atoms with Crippen LogP contribution in [-0.4, -0.2) is 21.9 Å². The van der Waals surface area contributed by atoms with Crippen LogP contribution in [-0.2, 0) is 0 Å². The number of amides is 2. The van der Waals surface area contributed by atoms with E-state index in [9.17, 15) is 14.7 Å². The van der Waals surface area contributed by atoms with Crippen LogP contribution < -0.4 is 16.6 Å². The number of phenolic OH excluding ortho intramolecular Hbond substituents is 1. The lowest BCUT2D eigenvalue weighted by molar-refractivity contribution is 0.0997. The Hall–Kier alpha value is -4.46. The molecule has 0 saturated heterocycles. The van der Waals surface area contributed by atoms with E-state index in [1.165, 1.54) is 24.3 Å². The number of primary amides is 1. The molecule has 2 aromatic carbocycles. The summed E-state index contributed by atoms with van der Waals surface area (Å²) in [6, 6.07) is 17.6. The van der Waals surface area contributed by atoms with Crippen LogP contribution in [0.4, 0.5) is 11.5 Å². The largest absolute Gasteiger partial charge is 0.508 e. The topological polar surface area (TPSA) is 131 Å². The molecule has 4 aromatic rings. The van der Waals surface area contributed by atoms with Crippen LogP contribution in [0.1, 0.15) is 20.7 Å². The second-order valence-electron chi connectivity index (χ2n) is 6.38. The van der Waals surface area contributed by atoms with E-state index in [1.54, 1.807) is 48.7 Å². The zero-order chi connectivity index (χ0) is 21.1. The molecule has 0 atom stereocenters. The molecule has 0 fully saturated rings. The highest BCUT2D eigenvalue weighted by molar-refractivity contribution is 6.05. The normalized spacial score (nSPS) is 11.4. The van der Waals surface area contributed by atoms with Crippen LogP contribution in [0.3, 0.4) is 0 Å². The number of nitrogens with two attached hydrogens (primary N) is 1. The first-order valence-electron chi connectivity index (χ1n) is 8.93. The summed E-state index contributed by atoms with van der Waals surface area (Å²) in [5.74, 6) is -0.610. The molecule has 8 nitrogen and oxygen atoms in total. The number of benzene rings is 2. The van der Waals surface area contributed by atoms with Gasteiger partial charge in [-0.3, -0.25) is 9.59 Å². The van der Waals surface area contributed by atoms with Gasteiger partial charge >= 0.3 is 0 Å². The minimum Gasteiger partial charge on any atom is -0.508 e. The molecule has 2 amide bonds. The van der Waals surface area contributed by atoms with Crippen molar-refractivity contribution in [2.24, 2.45) is 10.7 Å². The Balaban J connectivity index is 1.84. The highest BCUT2D eigenvalue weighted by Gasteiger charge is 2.14. The predicted octanol–water partition coefficient (Wildman–Crippen LogP) is 3.12. The number of aromatic nitrogens is 1. The zero-order valence-corrected chi connectivity index (χ0v) is 15.6. The number of carbonyl (C=O) groups excluding carboxylic acids is 2. The molecule has 0 spiro atoms. The Kier molecular flexibility index (Phi) is 4.96. The summed E-state index contributed by atoms with van der Waals surface area (Å²) >= 11 is 0. The van der Waals surface area contributed by atoms with Crippen molar-refractivity contribution in [2.75, 3.05) is 5.32 Å². The van der Waals surface area contributed by atoms with E-state index < -0.39 is 11.8 Å². The molecule has 0 saturated carbocycles. The maximum absolute atomic E-state index is 12.9. The van der Waals surface area contributed by atoms with Gasteiger partial charge in [-0.05, 0) is 54.6 Å². The number of phenols is 1. The Labute approximate surface area is 170 Å². The second kappa shape index (κ2) is 7.88. The number of nitrogens with zero attached hydrogens (tertiary/aromatic N) is 2. The molecular formula is C22H16N4O4. The molecule has 4 rings (SSSR count). The van der Waals surface area contributed by atoms with E-state index in [0.717, 1.165) is 0 Å². The van der Waals surface area contributed by atoms with Gasteiger partial charge in [-0.2, -0.15) is 0 Å². The van der Waals surface area contributed by atoms with Gasteiger partial charge in [-0.1, -0.05) is 6.07 Å². The summed E-state index contributed by atoms with van der Waals surface area (Å²) in [6.07, 6.45) is 1.56. The van der Waals surface area contributed by atoms with Crippen molar-refractivity contribution in [3.63, 3.8) is 0 Å².